The number of sulfone groups is 1. The van der Waals surface area contributed by atoms with Crippen molar-refractivity contribution in [2.24, 2.45) is 5.73 Å². The number of nitrogens with two attached hydrogens (primary N) is 1. The molecule has 0 amide bonds. The van der Waals surface area contributed by atoms with Crippen LogP contribution in [0.15, 0.2) is 36.5 Å². The molecule has 2 aromatic rings. The maximum atomic E-state index is 11.3. The molecule has 2 rings (SSSR count). The third-order valence-electron chi connectivity index (χ3n) is 2.55. The van der Waals surface area contributed by atoms with Gasteiger partial charge in [0.2, 0.25) is 0 Å². The van der Waals surface area contributed by atoms with E-state index < -0.39 is 15.9 Å². The summed E-state index contributed by atoms with van der Waals surface area (Å²) in [6.07, 6.45) is 2.87. The highest BCUT2D eigenvalue weighted by Gasteiger charge is 2.15. The second-order valence-electron chi connectivity index (χ2n) is 4.12. The second kappa shape index (κ2) is 4.43. The summed E-state index contributed by atoms with van der Waals surface area (Å²) in [6, 6.07) is 8.85. The van der Waals surface area contributed by atoms with Crippen LogP contribution in [-0.2, 0) is 9.84 Å². The Balaban J connectivity index is 2.48. The second-order valence-corrected chi connectivity index (χ2v) is 6.31. The van der Waals surface area contributed by atoms with Crippen molar-refractivity contribution in [3.63, 3.8) is 0 Å². The smallest absolute Gasteiger partial charge is 0.149 e. The molecule has 0 aliphatic rings. The fourth-order valence-corrected chi connectivity index (χ4v) is 2.67. The van der Waals surface area contributed by atoms with E-state index >= 15 is 0 Å². The molecule has 1 aromatic carbocycles. The molecule has 0 aliphatic carbocycles. The number of rotatable bonds is 3. The van der Waals surface area contributed by atoms with Crippen LogP contribution in [0, 0.1) is 0 Å². The summed E-state index contributed by atoms with van der Waals surface area (Å²) in [4.78, 5) is 4.26. The van der Waals surface area contributed by atoms with Gasteiger partial charge in [-0.2, -0.15) is 0 Å². The van der Waals surface area contributed by atoms with E-state index in [4.69, 9.17) is 5.73 Å². The van der Waals surface area contributed by atoms with Crippen molar-refractivity contribution >= 4 is 20.7 Å². The van der Waals surface area contributed by atoms with Gasteiger partial charge in [-0.15, -0.1) is 0 Å². The average Bonchev–Trinajstić information content (AvgIpc) is 2.26. The molecule has 1 atom stereocenters. The highest BCUT2D eigenvalue weighted by Crippen LogP contribution is 2.21. The summed E-state index contributed by atoms with van der Waals surface area (Å²) in [5, 5.41) is 0.967. The van der Waals surface area contributed by atoms with Crippen LogP contribution in [0.5, 0.6) is 0 Å². The maximum Gasteiger partial charge on any atom is 0.149 e. The Morgan fingerprint density at radius 2 is 2.00 bits per heavy atom. The van der Waals surface area contributed by atoms with Gasteiger partial charge in [0, 0.05) is 23.9 Å². The van der Waals surface area contributed by atoms with Gasteiger partial charge < -0.3 is 5.73 Å². The predicted octanol–water partition coefficient (Wildman–Crippen LogP) is 1.28. The first-order valence-electron chi connectivity index (χ1n) is 5.24. The standard InChI is InChI=1S/C12H14N2O2S/c1-17(15,16)8-11(13)10-6-2-4-9-5-3-7-14-12(9)10/h2-7,11H,8,13H2,1H3. The van der Waals surface area contributed by atoms with Crippen molar-refractivity contribution in [2.45, 2.75) is 6.04 Å². The van der Waals surface area contributed by atoms with Crippen LogP contribution in [0.1, 0.15) is 11.6 Å². The molecule has 0 saturated heterocycles. The van der Waals surface area contributed by atoms with Gasteiger partial charge in [0.25, 0.3) is 0 Å². The SMILES string of the molecule is CS(=O)(=O)CC(N)c1cccc2cccnc12. The fourth-order valence-electron chi connectivity index (χ4n) is 1.84. The third-order valence-corrected chi connectivity index (χ3v) is 3.51. The molecule has 0 bridgehead atoms. The molecule has 1 heterocycles. The van der Waals surface area contributed by atoms with Gasteiger partial charge in [0.15, 0.2) is 0 Å². The topological polar surface area (TPSA) is 73.0 Å². The summed E-state index contributed by atoms with van der Waals surface area (Å²) >= 11 is 0. The quantitative estimate of drug-likeness (QED) is 0.890. The molecule has 4 nitrogen and oxygen atoms in total. The van der Waals surface area contributed by atoms with Gasteiger partial charge in [-0.05, 0) is 11.6 Å². The summed E-state index contributed by atoms with van der Waals surface area (Å²) in [5.74, 6) is -0.0668. The predicted molar refractivity (Wildman–Crippen MR) is 68.4 cm³/mol. The molecule has 5 heteroatoms. The van der Waals surface area contributed by atoms with Crippen LogP contribution in [0.25, 0.3) is 10.9 Å². The zero-order valence-electron chi connectivity index (χ0n) is 9.50. The number of hydrogen-bond acceptors (Lipinski definition) is 4. The first-order valence-corrected chi connectivity index (χ1v) is 7.30. The van der Waals surface area contributed by atoms with E-state index in [1.165, 1.54) is 6.26 Å². The minimum atomic E-state index is -3.09. The Bertz CT molecular complexity index is 633. The zero-order chi connectivity index (χ0) is 12.5. The minimum Gasteiger partial charge on any atom is -0.323 e. The van der Waals surface area contributed by atoms with Crippen LogP contribution >= 0.6 is 0 Å². The summed E-state index contributed by atoms with van der Waals surface area (Å²) in [6.45, 7) is 0. The summed E-state index contributed by atoms with van der Waals surface area (Å²) in [7, 11) is -3.09. The molecule has 17 heavy (non-hydrogen) atoms. The molecule has 1 unspecified atom stereocenters. The summed E-state index contributed by atoms with van der Waals surface area (Å²) in [5.41, 5.74) is 7.47. The molecule has 2 N–H and O–H groups in total. The number of nitrogens with zero attached hydrogens (tertiary/aromatic N) is 1. The lowest BCUT2D eigenvalue weighted by Crippen LogP contribution is -2.21. The number of benzene rings is 1. The number of fused-ring (bicyclic) bond motifs is 1. The van der Waals surface area contributed by atoms with Gasteiger partial charge in [-0.25, -0.2) is 8.42 Å². The van der Waals surface area contributed by atoms with E-state index in [9.17, 15) is 8.42 Å². The molecule has 1 aromatic heterocycles. The Kier molecular flexibility index (Phi) is 3.13. The fraction of sp³-hybridized carbons (Fsp3) is 0.250. The number of hydrogen-bond donors (Lipinski definition) is 1. The van der Waals surface area contributed by atoms with Crippen LogP contribution < -0.4 is 5.73 Å². The van der Waals surface area contributed by atoms with E-state index in [1.54, 1.807) is 6.20 Å². The van der Waals surface area contributed by atoms with E-state index in [0.29, 0.717) is 0 Å². The lowest BCUT2D eigenvalue weighted by atomic mass is 10.0. The first kappa shape index (κ1) is 12.0. The van der Waals surface area contributed by atoms with Crippen molar-refractivity contribution < 1.29 is 8.42 Å². The van der Waals surface area contributed by atoms with Crippen LogP contribution in [0.4, 0.5) is 0 Å². The summed E-state index contributed by atoms with van der Waals surface area (Å²) < 4.78 is 22.5. The van der Waals surface area contributed by atoms with E-state index in [1.807, 2.05) is 30.3 Å². The van der Waals surface area contributed by atoms with E-state index in [2.05, 4.69) is 4.98 Å². The van der Waals surface area contributed by atoms with Crippen LogP contribution in [0.2, 0.25) is 0 Å². The Morgan fingerprint density at radius 1 is 1.29 bits per heavy atom. The van der Waals surface area contributed by atoms with Gasteiger partial charge in [-0.3, -0.25) is 4.98 Å². The van der Waals surface area contributed by atoms with Gasteiger partial charge >= 0.3 is 0 Å². The normalized spacial score (nSPS) is 13.8. The van der Waals surface area contributed by atoms with Crippen molar-refractivity contribution in [3.8, 4) is 0 Å². The largest absolute Gasteiger partial charge is 0.323 e. The number of aromatic nitrogens is 1. The number of pyridine rings is 1. The van der Waals surface area contributed by atoms with Crippen molar-refractivity contribution in [3.05, 3.63) is 42.1 Å². The van der Waals surface area contributed by atoms with Gasteiger partial charge in [0.1, 0.15) is 9.84 Å². The monoisotopic (exact) mass is 250 g/mol. The van der Waals surface area contributed by atoms with Gasteiger partial charge in [0.05, 0.1) is 11.3 Å². The Hall–Kier alpha value is -1.46. The lowest BCUT2D eigenvalue weighted by molar-refractivity contribution is 0.595. The van der Waals surface area contributed by atoms with Crippen LogP contribution in [-0.4, -0.2) is 25.4 Å². The van der Waals surface area contributed by atoms with Crippen LogP contribution in [0.3, 0.4) is 0 Å². The molecular weight excluding hydrogens is 236 g/mol. The molecule has 0 spiro atoms. The molecular formula is C12H14N2O2S. The van der Waals surface area contributed by atoms with E-state index in [-0.39, 0.29) is 5.75 Å². The Labute approximate surface area is 100 Å². The molecule has 0 radical (unpaired) electrons. The molecule has 0 saturated carbocycles. The third kappa shape index (κ3) is 2.81. The number of para-hydroxylation sites is 1. The average molecular weight is 250 g/mol. The molecule has 0 aliphatic heterocycles. The lowest BCUT2D eigenvalue weighted by Gasteiger charge is -2.12. The molecule has 0 fully saturated rings. The molecule has 90 valence electrons. The first-order chi connectivity index (χ1) is 7.97. The highest BCUT2D eigenvalue weighted by atomic mass is 32.2. The van der Waals surface area contributed by atoms with Crippen molar-refractivity contribution in [2.75, 3.05) is 12.0 Å². The highest BCUT2D eigenvalue weighted by molar-refractivity contribution is 7.90. The maximum absolute atomic E-state index is 11.3. The zero-order valence-corrected chi connectivity index (χ0v) is 10.3. The van der Waals surface area contributed by atoms with Crippen molar-refractivity contribution in [1.29, 1.82) is 0 Å². The van der Waals surface area contributed by atoms with E-state index in [0.717, 1.165) is 16.5 Å². The van der Waals surface area contributed by atoms with Gasteiger partial charge in [-0.1, -0.05) is 24.3 Å². The Morgan fingerprint density at radius 3 is 2.71 bits per heavy atom. The minimum absolute atomic E-state index is 0.0668. The van der Waals surface area contributed by atoms with Crippen molar-refractivity contribution in [1.82, 2.24) is 4.98 Å².